The summed E-state index contributed by atoms with van der Waals surface area (Å²) in [5.41, 5.74) is 1.66. The molecular weight excluding hydrogens is 356 g/mol. The Labute approximate surface area is 167 Å². The van der Waals surface area contributed by atoms with Gasteiger partial charge >= 0.3 is 12.0 Å². The van der Waals surface area contributed by atoms with Crippen molar-refractivity contribution in [2.24, 2.45) is 5.92 Å². The van der Waals surface area contributed by atoms with Crippen LogP contribution in [0.5, 0.6) is 5.75 Å². The van der Waals surface area contributed by atoms with E-state index in [0.717, 1.165) is 18.4 Å². The molecule has 0 bridgehead atoms. The van der Waals surface area contributed by atoms with Gasteiger partial charge in [0.25, 0.3) is 0 Å². The molecule has 0 spiro atoms. The molecule has 1 atom stereocenters. The Balaban J connectivity index is 2.24. The van der Waals surface area contributed by atoms with Crippen molar-refractivity contribution in [2.75, 3.05) is 13.2 Å². The Morgan fingerprint density at radius 2 is 1.93 bits per heavy atom. The number of carbonyl (C=O) groups excluding carboxylic acids is 2. The number of ether oxygens (including phenoxy) is 2. The number of amides is 2. The average molecular weight is 389 g/mol. The van der Waals surface area contributed by atoms with E-state index >= 15 is 0 Å². The number of unbranched alkanes of at least 4 members (excludes halogenated alkanes) is 3. The number of urea groups is 1. The van der Waals surface area contributed by atoms with E-state index in [1.807, 2.05) is 38.1 Å². The van der Waals surface area contributed by atoms with Crippen LogP contribution < -0.4 is 15.4 Å². The lowest BCUT2D eigenvalue weighted by atomic mass is 9.95. The highest BCUT2D eigenvalue weighted by Gasteiger charge is 2.33. The molecule has 1 aliphatic rings. The number of nitrogens with one attached hydrogen (secondary N) is 2. The molecule has 1 heterocycles. The molecule has 2 rings (SSSR count). The average Bonchev–Trinajstić information content (AvgIpc) is 2.65. The Bertz CT molecular complexity index is 712. The summed E-state index contributed by atoms with van der Waals surface area (Å²) in [6, 6.07) is 6.55. The van der Waals surface area contributed by atoms with E-state index in [0.29, 0.717) is 30.2 Å². The first-order valence-corrected chi connectivity index (χ1v) is 10.1. The molecule has 0 saturated heterocycles. The normalized spacial score (nSPS) is 16.6. The number of para-hydroxylation sites is 1. The molecule has 154 valence electrons. The van der Waals surface area contributed by atoms with Gasteiger partial charge in [0.1, 0.15) is 5.75 Å². The van der Waals surface area contributed by atoms with Gasteiger partial charge in [-0.3, -0.25) is 0 Å². The summed E-state index contributed by atoms with van der Waals surface area (Å²) in [5.74, 6) is 0.475. The van der Waals surface area contributed by atoms with Crippen molar-refractivity contribution in [3.8, 4) is 5.75 Å². The molecule has 6 nitrogen and oxygen atoms in total. The van der Waals surface area contributed by atoms with Gasteiger partial charge in [0.05, 0.1) is 24.8 Å². The fraction of sp³-hybridized carbons (Fsp3) is 0.545. The molecule has 0 fully saturated rings. The first kappa shape index (κ1) is 21.8. The summed E-state index contributed by atoms with van der Waals surface area (Å²) in [6.07, 6.45) is 4.44. The first-order valence-electron chi connectivity index (χ1n) is 10.1. The van der Waals surface area contributed by atoms with Gasteiger partial charge in [-0.2, -0.15) is 0 Å². The number of allylic oxidation sites excluding steroid dienone is 1. The highest BCUT2D eigenvalue weighted by atomic mass is 16.5. The highest BCUT2D eigenvalue weighted by Crippen LogP contribution is 2.33. The van der Waals surface area contributed by atoms with Crippen LogP contribution in [0.4, 0.5) is 4.79 Å². The molecule has 28 heavy (non-hydrogen) atoms. The predicted octanol–water partition coefficient (Wildman–Crippen LogP) is 4.47. The minimum absolute atomic E-state index is 0.230. The number of hydrogen-bond acceptors (Lipinski definition) is 4. The zero-order valence-corrected chi connectivity index (χ0v) is 17.3. The summed E-state index contributed by atoms with van der Waals surface area (Å²) < 4.78 is 11.4. The van der Waals surface area contributed by atoms with Crippen LogP contribution in [0.25, 0.3) is 0 Å². The second kappa shape index (κ2) is 10.7. The lowest BCUT2D eigenvalue weighted by molar-refractivity contribution is -0.140. The molecule has 0 aliphatic carbocycles. The third kappa shape index (κ3) is 6.01. The minimum atomic E-state index is -0.611. The largest absolute Gasteiger partial charge is 0.493 e. The minimum Gasteiger partial charge on any atom is -0.493 e. The van der Waals surface area contributed by atoms with E-state index in [4.69, 9.17) is 9.47 Å². The summed E-state index contributed by atoms with van der Waals surface area (Å²) in [7, 11) is 0. The number of esters is 1. The number of hydrogen-bond donors (Lipinski definition) is 2. The van der Waals surface area contributed by atoms with E-state index < -0.39 is 12.0 Å². The second-order valence-corrected chi connectivity index (χ2v) is 7.51. The molecular formula is C22H32N2O4. The van der Waals surface area contributed by atoms with Crippen LogP contribution >= 0.6 is 0 Å². The van der Waals surface area contributed by atoms with E-state index in [-0.39, 0.29) is 11.9 Å². The summed E-state index contributed by atoms with van der Waals surface area (Å²) in [4.78, 5) is 24.8. The van der Waals surface area contributed by atoms with Crippen molar-refractivity contribution in [1.82, 2.24) is 10.6 Å². The first-order chi connectivity index (χ1) is 13.4. The van der Waals surface area contributed by atoms with Crippen molar-refractivity contribution >= 4 is 12.0 Å². The van der Waals surface area contributed by atoms with Crippen LogP contribution in [0.15, 0.2) is 35.5 Å². The third-order valence-corrected chi connectivity index (χ3v) is 4.52. The second-order valence-electron chi connectivity index (χ2n) is 7.51. The van der Waals surface area contributed by atoms with Crippen molar-refractivity contribution in [2.45, 2.75) is 59.4 Å². The van der Waals surface area contributed by atoms with Gasteiger partial charge in [-0.1, -0.05) is 58.2 Å². The van der Waals surface area contributed by atoms with Gasteiger partial charge in [-0.25, -0.2) is 9.59 Å². The number of benzene rings is 1. The monoisotopic (exact) mass is 388 g/mol. The molecule has 1 aromatic carbocycles. The van der Waals surface area contributed by atoms with E-state index in [1.54, 1.807) is 6.92 Å². The maximum absolute atomic E-state index is 12.7. The van der Waals surface area contributed by atoms with Gasteiger partial charge < -0.3 is 20.1 Å². The highest BCUT2D eigenvalue weighted by molar-refractivity contribution is 5.95. The van der Waals surface area contributed by atoms with Gasteiger partial charge in [0, 0.05) is 11.3 Å². The Kier molecular flexibility index (Phi) is 8.36. The van der Waals surface area contributed by atoms with Gasteiger partial charge in [0.15, 0.2) is 0 Å². The molecule has 1 unspecified atom stereocenters. The fourth-order valence-electron chi connectivity index (χ4n) is 3.08. The van der Waals surface area contributed by atoms with Crippen molar-refractivity contribution in [3.63, 3.8) is 0 Å². The molecule has 0 radical (unpaired) electrons. The lowest BCUT2D eigenvalue weighted by Gasteiger charge is -2.29. The smallest absolute Gasteiger partial charge is 0.338 e. The molecule has 2 amide bonds. The summed E-state index contributed by atoms with van der Waals surface area (Å²) >= 11 is 0. The quantitative estimate of drug-likeness (QED) is 0.458. The molecule has 2 N–H and O–H groups in total. The van der Waals surface area contributed by atoms with Crippen molar-refractivity contribution in [3.05, 3.63) is 41.1 Å². The lowest BCUT2D eigenvalue weighted by Crippen LogP contribution is -2.45. The van der Waals surface area contributed by atoms with Crippen LogP contribution in [-0.2, 0) is 9.53 Å². The Morgan fingerprint density at radius 3 is 2.64 bits per heavy atom. The summed E-state index contributed by atoms with van der Waals surface area (Å²) in [6.45, 7) is 8.78. The van der Waals surface area contributed by atoms with Crippen LogP contribution in [0.1, 0.15) is 65.0 Å². The van der Waals surface area contributed by atoms with Crippen molar-refractivity contribution in [1.29, 1.82) is 0 Å². The zero-order chi connectivity index (χ0) is 20.5. The Hall–Kier alpha value is -2.50. The standard InChI is InChI=1S/C22H32N2O4/c1-5-6-7-10-13-27-18-12-9-8-11-17(18)20-19(16(4)23-22(26)24-20)21(25)28-14-15(2)3/h8-9,11-12,15,20H,5-7,10,13-14H2,1-4H3,(H2,23,24,26). The maximum atomic E-state index is 12.7. The van der Waals surface area contributed by atoms with E-state index in [9.17, 15) is 9.59 Å². The number of rotatable bonds is 10. The predicted molar refractivity (Wildman–Crippen MR) is 109 cm³/mol. The van der Waals surface area contributed by atoms with Crippen LogP contribution in [0, 0.1) is 5.92 Å². The molecule has 1 aliphatic heterocycles. The Morgan fingerprint density at radius 1 is 1.18 bits per heavy atom. The maximum Gasteiger partial charge on any atom is 0.338 e. The van der Waals surface area contributed by atoms with Gasteiger partial charge in [0.2, 0.25) is 0 Å². The van der Waals surface area contributed by atoms with Gasteiger partial charge in [-0.15, -0.1) is 0 Å². The molecule has 0 saturated carbocycles. The topological polar surface area (TPSA) is 76.7 Å². The molecule has 0 aromatic heterocycles. The molecule has 1 aromatic rings. The van der Waals surface area contributed by atoms with Crippen LogP contribution in [0.2, 0.25) is 0 Å². The van der Waals surface area contributed by atoms with Crippen LogP contribution in [0.3, 0.4) is 0 Å². The number of carbonyl (C=O) groups is 2. The van der Waals surface area contributed by atoms with Gasteiger partial charge in [-0.05, 0) is 25.3 Å². The van der Waals surface area contributed by atoms with Crippen molar-refractivity contribution < 1.29 is 19.1 Å². The van der Waals surface area contributed by atoms with Crippen LogP contribution in [-0.4, -0.2) is 25.2 Å². The van der Waals surface area contributed by atoms with E-state index in [1.165, 1.54) is 12.8 Å². The fourth-order valence-corrected chi connectivity index (χ4v) is 3.08. The summed E-state index contributed by atoms with van der Waals surface area (Å²) in [5, 5.41) is 5.52. The third-order valence-electron chi connectivity index (χ3n) is 4.52. The SMILES string of the molecule is CCCCCCOc1ccccc1C1NC(=O)NC(C)=C1C(=O)OCC(C)C. The zero-order valence-electron chi connectivity index (χ0n) is 17.3. The van der Waals surface area contributed by atoms with E-state index in [2.05, 4.69) is 17.6 Å². The molecule has 6 heteroatoms.